The van der Waals surface area contributed by atoms with Crippen molar-refractivity contribution in [3.05, 3.63) is 46.1 Å². The summed E-state index contributed by atoms with van der Waals surface area (Å²) in [6.07, 6.45) is -0.0585. The maximum atomic E-state index is 13.2. The van der Waals surface area contributed by atoms with Crippen LogP contribution in [0.1, 0.15) is 61.7 Å². The van der Waals surface area contributed by atoms with Crippen LogP contribution in [0.2, 0.25) is 0 Å². The summed E-state index contributed by atoms with van der Waals surface area (Å²) >= 11 is 0. The van der Waals surface area contributed by atoms with Crippen molar-refractivity contribution in [2.75, 3.05) is 13.2 Å². The molecule has 0 unspecified atom stereocenters. The third-order valence-electron chi connectivity index (χ3n) is 5.37. The van der Waals surface area contributed by atoms with Crippen molar-refractivity contribution in [1.29, 1.82) is 5.41 Å². The van der Waals surface area contributed by atoms with Crippen molar-refractivity contribution >= 4 is 11.4 Å². The molecule has 0 aliphatic heterocycles. The number of rotatable bonds is 8. The molecule has 178 valence electrons. The molecule has 1 aromatic carbocycles. The fraction of sp³-hybridized carbons (Fsp3) is 0.500. The highest BCUT2D eigenvalue weighted by Gasteiger charge is 2.21. The molecule has 0 radical (unpaired) electrons. The molecule has 0 saturated heterocycles. The molecule has 3 rings (SSSR count). The molecule has 3 aromatic rings. The number of aliphatic hydroxyl groups is 1. The van der Waals surface area contributed by atoms with Crippen molar-refractivity contribution in [1.82, 2.24) is 19.4 Å². The Morgan fingerprint density at radius 3 is 2.45 bits per heavy atom. The van der Waals surface area contributed by atoms with Gasteiger partial charge in [-0.25, -0.2) is 4.68 Å². The van der Waals surface area contributed by atoms with Gasteiger partial charge in [-0.05, 0) is 56.9 Å². The molecular formula is C24H33N5O4. The Hall–Kier alpha value is -3.20. The number of aliphatic hydroxyl groups excluding tert-OH is 1. The van der Waals surface area contributed by atoms with E-state index >= 15 is 0 Å². The molecule has 0 atom stereocenters. The van der Waals surface area contributed by atoms with Gasteiger partial charge in [-0.1, -0.05) is 20.8 Å². The Morgan fingerprint density at radius 1 is 1.15 bits per heavy atom. The summed E-state index contributed by atoms with van der Waals surface area (Å²) in [7, 11) is 0. The molecule has 2 aromatic heterocycles. The minimum atomic E-state index is -0.204. The van der Waals surface area contributed by atoms with Gasteiger partial charge in [0.25, 0.3) is 0 Å². The van der Waals surface area contributed by atoms with Crippen LogP contribution in [-0.4, -0.2) is 49.6 Å². The summed E-state index contributed by atoms with van der Waals surface area (Å²) in [5, 5.41) is 26.6. The van der Waals surface area contributed by atoms with Crippen LogP contribution >= 0.6 is 0 Å². The van der Waals surface area contributed by atoms with E-state index in [1.54, 1.807) is 6.07 Å². The molecule has 0 amide bonds. The van der Waals surface area contributed by atoms with E-state index in [4.69, 9.17) is 20.0 Å². The third-order valence-corrected chi connectivity index (χ3v) is 5.37. The Kier molecular flexibility index (Phi) is 6.92. The number of hydrogen-bond acceptors (Lipinski definition) is 7. The average molecular weight is 456 g/mol. The van der Waals surface area contributed by atoms with E-state index in [0.717, 1.165) is 16.7 Å². The van der Waals surface area contributed by atoms with Crippen molar-refractivity contribution < 1.29 is 19.4 Å². The number of benzene rings is 1. The molecule has 33 heavy (non-hydrogen) atoms. The number of aromatic nitrogens is 4. The Morgan fingerprint density at radius 2 is 1.85 bits per heavy atom. The number of nitrogens with zero attached hydrogens (tertiary/aromatic N) is 4. The predicted octanol–water partition coefficient (Wildman–Crippen LogP) is 2.97. The largest absolute Gasteiger partial charge is 0.491 e. The molecule has 0 spiro atoms. The number of ketones is 1. The van der Waals surface area contributed by atoms with Crippen LogP contribution in [0.3, 0.4) is 0 Å². The Bertz CT molecular complexity index is 1230. The van der Waals surface area contributed by atoms with E-state index in [9.17, 15) is 4.79 Å². The quantitative estimate of drug-likeness (QED) is 0.505. The maximum absolute atomic E-state index is 13.2. The van der Waals surface area contributed by atoms with Gasteiger partial charge >= 0.3 is 0 Å². The van der Waals surface area contributed by atoms with E-state index in [0.29, 0.717) is 22.8 Å². The first-order valence-corrected chi connectivity index (χ1v) is 11.0. The maximum Gasteiger partial charge on any atom is 0.242 e. The first-order valence-electron chi connectivity index (χ1n) is 11.0. The lowest BCUT2D eigenvalue weighted by Gasteiger charge is -2.21. The number of ether oxygens (including phenoxy) is 2. The van der Waals surface area contributed by atoms with Crippen LogP contribution in [0.25, 0.3) is 5.65 Å². The number of Topliss-reactive ketones (excluding diaryl/α,β-unsaturated/α-hetero) is 1. The topological polar surface area (TPSA) is 115 Å². The number of fused-ring (bicyclic) bond motifs is 1. The zero-order valence-electron chi connectivity index (χ0n) is 20.4. The fourth-order valence-corrected chi connectivity index (χ4v) is 3.35. The summed E-state index contributed by atoms with van der Waals surface area (Å²) in [6.45, 7) is 13.7. The van der Waals surface area contributed by atoms with Gasteiger partial charge in [0.1, 0.15) is 18.9 Å². The fourth-order valence-electron chi connectivity index (χ4n) is 3.35. The lowest BCUT2D eigenvalue weighted by molar-refractivity contribution is 0.0965. The third kappa shape index (κ3) is 5.24. The average Bonchev–Trinajstić information content (AvgIpc) is 3.04. The lowest BCUT2D eigenvalue weighted by atomic mass is 9.85. The smallest absolute Gasteiger partial charge is 0.242 e. The molecular weight excluding hydrogens is 422 g/mol. The second-order valence-electron chi connectivity index (χ2n) is 9.43. The first-order chi connectivity index (χ1) is 15.4. The Balaban J connectivity index is 2.00. The van der Waals surface area contributed by atoms with Gasteiger partial charge in [-0.3, -0.25) is 10.2 Å². The molecule has 0 bridgehead atoms. The van der Waals surface area contributed by atoms with Gasteiger partial charge < -0.3 is 14.6 Å². The summed E-state index contributed by atoms with van der Waals surface area (Å²) in [6, 6.07) is 5.39. The molecule has 0 saturated carbocycles. The van der Waals surface area contributed by atoms with E-state index in [-0.39, 0.29) is 42.7 Å². The van der Waals surface area contributed by atoms with Gasteiger partial charge in [-0.2, -0.15) is 4.52 Å². The number of nitrogens with one attached hydrogen (secondary N) is 1. The highest BCUT2D eigenvalue weighted by molar-refractivity contribution is 5.96. The molecule has 9 heteroatoms. The molecule has 0 fully saturated rings. The Labute approximate surface area is 193 Å². The van der Waals surface area contributed by atoms with E-state index < -0.39 is 0 Å². The predicted molar refractivity (Wildman–Crippen MR) is 124 cm³/mol. The first kappa shape index (κ1) is 24.4. The van der Waals surface area contributed by atoms with Gasteiger partial charge in [-0.15, -0.1) is 10.2 Å². The van der Waals surface area contributed by atoms with Crippen LogP contribution in [0, 0.1) is 19.3 Å². The minimum absolute atomic E-state index is 0.0150. The normalized spacial score (nSPS) is 11.9. The zero-order chi connectivity index (χ0) is 24.5. The van der Waals surface area contributed by atoms with Crippen LogP contribution in [0.15, 0.2) is 18.2 Å². The van der Waals surface area contributed by atoms with Crippen LogP contribution in [0.5, 0.6) is 11.6 Å². The zero-order valence-corrected chi connectivity index (χ0v) is 20.4. The second kappa shape index (κ2) is 9.35. The SMILES string of the molecule is Cc1c(OC(C)C)nn2c(=N)n(CC(=O)c3cc(OCCO)cc(C(C)(C)C)c3)nc2c1C. The van der Waals surface area contributed by atoms with Gasteiger partial charge in [0, 0.05) is 16.7 Å². The molecule has 2 heterocycles. The monoisotopic (exact) mass is 455 g/mol. The molecule has 0 aliphatic rings. The number of carbonyl (C=O) groups excluding carboxylic acids is 1. The van der Waals surface area contributed by atoms with Crippen LogP contribution < -0.4 is 15.1 Å². The second-order valence-corrected chi connectivity index (χ2v) is 9.43. The van der Waals surface area contributed by atoms with Crippen molar-refractivity contribution in [3.8, 4) is 11.6 Å². The lowest BCUT2D eigenvalue weighted by Crippen LogP contribution is -2.27. The van der Waals surface area contributed by atoms with Crippen molar-refractivity contribution in [2.24, 2.45) is 0 Å². The van der Waals surface area contributed by atoms with E-state index in [1.807, 2.05) is 39.8 Å². The minimum Gasteiger partial charge on any atom is -0.491 e. The van der Waals surface area contributed by atoms with Crippen molar-refractivity contribution in [2.45, 2.75) is 66.5 Å². The molecule has 9 nitrogen and oxygen atoms in total. The number of aryl methyl sites for hydroxylation is 1. The molecule has 2 N–H and O–H groups in total. The number of hydrogen-bond donors (Lipinski definition) is 2. The summed E-state index contributed by atoms with van der Waals surface area (Å²) in [5.41, 5.74) is 3.39. The van der Waals surface area contributed by atoms with Crippen molar-refractivity contribution in [3.63, 3.8) is 0 Å². The summed E-state index contributed by atoms with van der Waals surface area (Å²) < 4.78 is 14.1. The van der Waals surface area contributed by atoms with Crippen LogP contribution in [0.4, 0.5) is 0 Å². The summed E-state index contributed by atoms with van der Waals surface area (Å²) in [4.78, 5) is 13.2. The van der Waals surface area contributed by atoms with Gasteiger partial charge in [0.15, 0.2) is 11.4 Å². The van der Waals surface area contributed by atoms with Gasteiger partial charge in [0.05, 0.1) is 12.7 Å². The highest BCUT2D eigenvalue weighted by atomic mass is 16.5. The standard InChI is InChI=1S/C24H33N5O4/c1-14(2)33-22-16(4)15(3)21-26-28(23(25)29(21)27-22)13-20(31)17-10-18(24(5,6)7)12-19(11-17)32-9-8-30/h10-12,14,25,30H,8-9,13H2,1-7H3. The van der Waals surface area contributed by atoms with E-state index in [1.165, 1.54) is 9.20 Å². The highest BCUT2D eigenvalue weighted by Crippen LogP contribution is 2.28. The molecule has 0 aliphatic carbocycles. The van der Waals surface area contributed by atoms with Crippen LogP contribution in [-0.2, 0) is 12.0 Å². The van der Waals surface area contributed by atoms with Gasteiger partial charge in [0.2, 0.25) is 11.5 Å². The van der Waals surface area contributed by atoms with E-state index in [2.05, 4.69) is 31.0 Å². The number of carbonyl (C=O) groups is 1. The summed E-state index contributed by atoms with van der Waals surface area (Å²) in [5.74, 6) is 0.766.